The molecule has 0 radical (unpaired) electrons. The van der Waals surface area contributed by atoms with Crippen molar-refractivity contribution in [3.63, 3.8) is 0 Å². The third-order valence-electron chi connectivity index (χ3n) is 4.95. The number of nitrogens with two attached hydrogens (primary N) is 1. The van der Waals surface area contributed by atoms with Gasteiger partial charge in [0.05, 0.1) is 0 Å². The van der Waals surface area contributed by atoms with Crippen LogP contribution in [0.4, 0.5) is 5.95 Å². The lowest BCUT2D eigenvalue weighted by Gasteiger charge is -2.31. The molecule has 1 fully saturated rings. The highest BCUT2D eigenvalue weighted by molar-refractivity contribution is 5.74. The number of aryl methyl sites for hydroxylation is 1. The molecule has 3 heterocycles. The number of nitrogens with zero attached hydrogens (tertiary/aromatic N) is 5. The summed E-state index contributed by atoms with van der Waals surface area (Å²) in [6.07, 6.45) is 4.05. The molecule has 0 aromatic carbocycles. The molecular weight excluding hydrogens is 332 g/mol. The first-order chi connectivity index (χ1) is 12.3. The van der Waals surface area contributed by atoms with E-state index in [0.29, 0.717) is 36.7 Å². The van der Waals surface area contributed by atoms with Gasteiger partial charge in [0.1, 0.15) is 0 Å². The van der Waals surface area contributed by atoms with E-state index in [2.05, 4.69) is 11.0 Å². The fourth-order valence-electron chi connectivity index (χ4n) is 3.52. The Hall–Kier alpha value is -2.35. The largest absolute Gasteiger partial charge is 0.341 e. The van der Waals surface area contributed by atoms with Gasteiger partial charge in [0.25, 0.3) is 5.56 Å². The molecule has 1 saturated heterocycles. The van der Waals surface area contributed by atoms with Crippen LogP contribution in [-0.2, 0) is 20.1 Å². The minimum absolute atomic E-state index is 0.0941. The second-order valence-corrected chi connectivity index (χ2v) is 7.22. The summed E-state index contributed by atoms with van der Waals surface area (Å²) in [4.78, 5) is 32.3. The fourth-order valence-corrected chi connectivity index (χ4v) is 3.52. The van der Waals surface area contributed by atoms with Crippen LogP contribution in [0.1, 0.15) is 33.6 Å². The van der Waals surface area contributed by atoms with Crippen LogP contribution < -0.4 is 21.9 Å². The molecule has 142 valence electrons. The second-order valence-electron chi connectivity index (χ2n) is 7.22. The lowest BCUT2D eigenvalue weighted by molar-refractivity contribution is 0.495. The molecule has 0 aliphatic carbocycles. The van der Waals surface area contributed by atoms with Crippen molar-refractivity contribution < 1.29 is 0 Å². The van der Waals surface area contributed by atoms with E-state index >= 15 is 0 Å². The number of hydrogen-bond acceptors (Lipinski definition) is 5. The second kappa shape index (κ2) is 7.11. The fraction of sp³-hybridized carbons (Fsp3) is 0.611. The van der Waals surface area contributed by atoms with E-state index in [0.717, 1.165) is 25.0 Å². The van der Waals surface area contributed by atoms with E-state index in [-0.39, 0.29) is 17.3 Å². The molecule has 3 rings (SSSR count). The molecule has 2 aromatic rings. The molecule has 0 saturated carbocycles. The molecule has 0 spiro atoms. The zero-order valence-corrected chi connectivity index (χ0v) is 16.0. The van der Waals surface area contributed by atoms with Gasteiger partial charge in [-0.1, -0.05) is 11.6 Å². The molecule has 0 amide bonds. The molecule has 8 heteroatoms. The number of piperidine rings is 1. The van der Waals surface area contributed by atoms with Crippen LogP contribution in [0.2, 0.25) is 0 Å². The maximum Gasteiger partial charge on any atom is 0.332 e. The number of allylic oxidation sites excluding steroid dienone is 2. The molecule has 1 atom stereocenters. The molecule has 0 bridgehead atoms. The molecule has 8 nitrogen and oxygen atoms in total. The summed E-state index contributed by atoms with van der Waals surface area (Å²) in [6.45, 7) is 8.27. The van der Waals surface area contributed by atoms with Gasteiger partial charge < -0.3 is 15.2 Å². The molecule has 1 aliphatic rings. The highest BCUT2D eigenvalue weighted by Crippen LogP contribution is 2.23. The van der Waals surface area contributed by atoms with Gasteiger partial charge in [-0.25, -0.2) is 4.79 Å². The van der Waals surface area contributed by atoms with Crippen molar-refractivity contribution in [2.45, 2.75) is 52.7 Å². The van der Waals surface area contributed by atoms with Crippen LogP contribution >= 0.6 is 0 Å². The van der Waals surface area contributed by atoms with Crippen molar-refractivity contribution in [1.82, 2.24) is 18.7 Å². The van der Waals surface area contributed by atoms with Crippen molar-refractivity contribution in [1.29, 1.82) is 0 Å². The average molecular weight is 360 g/mol. The Labute approximate surface area is 152 Å². The van der Waals surface area contributed by atoms with Gasteiger partial charge in [-0.05, 0) is 33.6 Å². The zero-order valence-electron chi connectivity index (χ0n) is 16.0. The first kappa shape index (κ1) is 18.4. The van der Waals surface area contributed by atoms with Gasteiger partial charge >= 0.3 is 5.69 Å². The average Bonchev–Trinajstić information content (AvgIpc) is 2.98. The van der Waals surface area contributed by atoms with Gasteiger partial charge in [-0.2, -0.15) is 4.98 Å². The Morgan fingerprint density at radius 3 is 2.65 bits per heavy atom. The molecule has 2 N–H and O–H groups in total. The topological polar surface area (TPSA) is 91.1 Å². The minimum Gasteiger partial charge on any atom is -0.341 e. The monoisotopic (exact) mass is 360 g/mol. The normalized spacial score (nSPS) is 17.7. The maximum absolute atomic E-state index is 13.0. The standard InChI is InChI=1S/C18H28N6O2/c1-5-23-16(25)14-15(21(4)18(23)26)20-17(24(14)10-8-12(2)3)22-9-6-7-13(19)11-22/h8,13H,5-7,9-11,19H2,1-4H3. The summed E-state index contributed by atoms with van der Waals surface area (Å²) >= 11 is 0. The third kappa shape index (κ3) is 3.09. The summed E-state index contributed by atoms with van der Waals surface area (Å²) in [5.74, 6) is 0.716. The number of anilines is 1. The third-order valence-corrected chi connectivity index (χ3v) is 4.95. The summed E-state index contributed by atoms with van der Waals surface area (Å²) in [5, 5.41) is 0. The summed E-state index contributed by atoms with van der Waals surface area (Å²) < 4.78 is 4.65. The van der Waals surface area contributed by atoms with Gasteiger partial charge in [0.15, 0.2) is 11.2 Å². The Morgan fingerprint density at radius 2 is 2.04 bits per heavy atom. The number of fused-ring (bicyclic) bond motifs is 1. The Kier molecular flexibility index (Phi) is 5.04. The van der Waals surface area contributed by atoms with E-state index < -0.39 is 0 Å². The van der Waals surface area contributed by atoms with Gasteiger partial charge in [0, 0.05) is 39.3 Å². The van der Waals surface area contributed by atoms with Crippen LogP contribution in [0, 0.1) is 0 Å². The van der Waals surface area contributed by atoms with E-state index in [1.165, 1.54) is 9.13 Å². The van der Waals surface area contributed by atoms with Crippen LogP contribution in [0.25, 0.3) is 11.2 Å². The lowest BCUT2D eigenvalue weighted by Crippen LogP contribution is -2.44. The number of rotatable bonds is 4. The molecule has 1 unspecified atom stereocenters. The quantitative estimate of drug-likeness (QED) is 0.815. The predicted molar refractivity (Wildman–Crippen MR) is 104 cm³/mol. The molecule has 26 heavy (non-hydrogen) atoms. The van der Waals surface area contributed by atoms with Gasteiger partial charge in [-0.15, -0.1) is 0 Å². The maximum atomic E-state index is 13.0. The Bertz CT molecular complexity index is 961. The number of hydrogen-bond donors (Lipinski definition) is 1. The van der Waals surface area contributed by atoms with E-state index in [9.17, 15) is 9.59 Å². The zero-order chi connectivity index (χ0) is 19.0. The van der Waals surface area contributed by atoms with Crippen LogP contribution in [0.5, 0.6) is 0 Å². The van der Waals surface area contributed by atoms with Crippen LogP contribution in [0.15, 0.2) is 21.2 Å². The van der Waals surface area contributed by atoms with Gasteiger partial charge in [-0.3, -0.25) is 13.9 Å². The highest BCUT2D eigenvalue weighted by Gasteiger charge is 2.25. The summed E-state index contributed by atoms with van der Waals surface area (Å²) in [5.41, 5.74) is 7.59. The lowest BCUT2D eigenvalue weighted by atomic mass is 10.1. The predicted octanol–water partition coefficient (Wildman–Crippen LogP) is 0.810. The smallest absolute Gasteiger partial charge is 0.332 e. The van der Waals surface area contributed by atoms with Crippen molar-refractivity contribution >= 4 is 17.1 Å². The molecule has 1 aliphatic heterocycles. The van der Waals surface area contributed by atoms with Crippen molar-refractivity contribution in [2.75, 3.05) is 18.0 Å². The van der Waals surface area contributed by atoms with Crippen LogP contribution in [0.3, 0.4) is 0 Å². The summed E-state index contributed by atoms with van der Waals surface area (Å²) in [7, 11) is 1.67. The Balaban J connectivity index is 2.30. The first-order valence-corrected chi connectivity index (χ1v) is 9.19. The van der Waals surface area contributed by atoms with E-state index in [4.69, 9.17) is 10.7 Å². The van der Waals surface area contributed by atoms with Crippen molar-refractivity contribution in [3.8, 4) is 0 Å². The van der Waals surface area contributed by atoms with Gasteiger partial charge in [0.2, 0.25) is 5.95 Å². The SMILES string of the molecule is CCn1c(=O)c2c(nc(N3CCCC(N)C3)n2CC=C(C)C)n(C)c1=O. The van der Waals surface area contributed by atoms with Crippen molar-refractivity contribution in [3.05, 3.63) is 32.5 Å². The summed E-state index contributed by atoms with van der Waals surface area (Å²) in [6, 6.07) is 0.0941. The van der Waals surface area contributed by atoms with Crippen LogP contribution in [-0.4, -0.2) is 37.8 Å². The van der Waals surface area contributed by atoms with E-state index in [1.54, 1.807) is 14.0 Å². The first-order valence-electron chi connectivity index (χ1n) is 9.19. The highest BCUT2D eigenvalue weighted by atomic mass is 16.2. The van der Waals surface area contributed by atoms with Crippen molar-refractivity contribution in [2.24, 2.45) is 12.8 Å². The molecule has 2 aromatic heterocycles. The number of aromatic nitrogens is 4. The minimum atomic E-state index is -0.334. The number of imidazole rings is 1. The van der Waals surface area contributed by atoms with E-state index in [1.807, 2.05) is 18.4 Å². The molecular formula is C18H28N6O2. The Morgan fingerprint density at radius 1 is 1.31 bits per heavy atom.